The molecule has 0 aromatic heterocycles. The van der Waals surface area contributed by atoms with Crippen LogP contribution in [0.15, 0.2) is 0 Å². The van der Waals surface area contributed by atoms with Crippen molar-refractivity contribution < 1.29 is 4.79 Å². The van der Waals surface area contributed by atoms with Crippen molar-refractivity contribution in [2.24, 2.45) is 5.73 Å². The Balaban J connectivity index is 3.15. The summed E-state index contributed by atoms with van der Waals surface area (Å²) in [6.45, 7) is 2.18. The van der Waals surface area contributed by atoms with Crippen molar-refractivity contribution in [1.29, 1.82) is 0 Å². The van der Waals surface area contributed by atoms with Crippen molar-refractivity contribution in [2.45, 2.75) is 51.9 Å². The molecule has 0 saturated heterocycles. The van der Waals surface area contributed by atoms with E-state index < -0.39 is 0 Å². The highest BCUT2D eigenvalue weighted by Gasteiger charge is 1.90. The highest BCUT2D eigenvalue weighted by Crippen LogP contribution is 1.97. The van der Waals surface area contributed by atoms with Crippen LogP contribution in [0.3, 0.4) is 0 Å². The third-order valence-electron chi connectivity index (χ3n) is 1.76. The Hall–Kier alpha value is -0.970. The Morgan fingerprint density at radius 1 is 1.15 bits per heavy atom. The molecule has 0 aliphatic rings. The van der Waals surface area contributed by atoms with E-state index in [1.807, 2.05) is 0 Å². The lowest BCUT2D eigenvalue weighted by molar-refractivity contribution is -0.118. The normalized spacial score (nSPS) is 9.00. The standard InChI is InChI=1S/C11H19NO/c1-2-3-4-5-6-7-8-9-10-11(12)13/h2-5,8-10H2,1H3,(H2,12,13). The van der Waals surface area contributed by atoms with Crippen LogP contribution in [0.25, 0.3) is 0 Å². The zero-order chi connectivity index (χ0) is 9.94. The molecule has 0 bridgehead atoms. The number of hydrogen-bond donors (Lipinski definition) is 1. The van der Waals surface area contributed by atoms with Crippen LogP contribution in [0.2, 0.25) is 0 Å². The lowest BCUT2D eigenvalue weighted by Gasteiger charge is -1.90. The fraction of sp³-hybridized carbons (Fsp3) is 0.727. The molecule has 2 heteroatoms. The lowest BCUT2D eigenvalue weighted by atomic mass is 10.2. The molecule has 0 fully saturated rings. The van der Waals surface area contributed by atoms with Gasteiger partial charge >= 0.3 is 0 Å². The number of hydrogen-bond acceptors (Lipinski definition) is 1. The lowest BCUT2D eigenvalue weighted by Crippen LogP contribution is -2.09. The number of carbonyl (C=O) groups is 1. The van der Waals surface area contributed by atoms with Gasteiger partial charge in [-0.3, -0.25) is 4.79 Å². The third-order valence-corrected chi connectivity index (χ3v) is 1.76. The van der Waals surface area contributed by atoms with Gasteiger partial charge in [0.1, 0.15) is 0 Å². The van der Waals surface area contributed by atoms with E-state index >= 15 is 0 Å². The molecular weight excluding hydrogens is 162 g/mol. The molecule has 0 radical (unpaired) electrons. The number of rotatable bonds is 6. The van der Waals surface area contributed by atoms with E-state index in [4.69, 9.17) is 5.73 Å². The zero-order valence-electron chi connectivity index (χ0n) is 8.44. The highest BCUT2D eigenvalue weighted by molar-refractivity contribution is 5.73. The minimum absolute atomic E-state index is 0.229. The minimum atomic E-state index is -0.229. The largest absolute Gasteiger partial charge is 0.370 e. The van der Waals surface area contributed by atoms with Crippen LogP contribution in [0.1, 0.15) is 51.9 Å². The van der Waals surface area contributed by atoms with Gasteiger partial charge in [0.25, 0.3) is 0 Å². The van der Waals surface area contributed by atoms with Gasteiger partial charge in [0.05, 0.1) is 0 Å². The first kappa shape index (κ1) is 12.0. The summed E-state index contributed by atoms with van der Waals surface area (Å²) >= 11 is 0. The minimum Gasteiger partial charge on any atom is -0.370 e. The first-order valence-corrected chi connectivity index (χ1v) is 5.01. The van der Waals surface area contributed by atoms with E-state index in [2.05, 4.69) is 18.8 Å². The van der Waals surface area contributed by atoms with Crippen molar-refractivity contribution >= 4 is 5.91 Å². The first-order chi connectivity index (χ1) is 6.27. The molecule has 0 aromatic carbocycles. The molecule has 0 atom stereocenters. The summed E-state index contributed by atoms with van der Waals surface area (Å²) in [4.78, 5) is 10.3. The van der Waals surface area contributed by atoms with Crippen molar-refractivity contribution in [2.75, 3.05) is 0 Å². The average molecular weight is 181 g/mol. The number of nitrogens with two attached hydrogens (primary N) is 1. The highest BCUT2D eigenvalue weighted by atomic mass is 16.1. The number of amides is 1. The predicted octanol–water partition coefficient (Wildman–Crippen LogP) is 2.23. The molecule has 0 unspecified atom stereocenters. The molecule has 2 N–H and O–H groups in total. The maximum atomic E-state index is 10.3. The Labute approximate surface area is 80.9 Å². The Morgan fingerprint density at radius 2 is 1.77 bits per heavy atom. The van der Waals surface area contributed by atoms with Gasteiger partial charge in [0.2, 0.25) is 5.91 Å². The molecule has 0 aliphatic heterocycles. The van der Waals surface area contributed by atoms with Crippen LogP contribution >= 0.6 is 0 Å². The van der Waals surface area contributed by atoms with Crippen molar-refractivity contribution in [1.82, 2.24) is 0 Å². The van der Waals surface area contributed by atoms with Crippen LogP contribution in [-0.4, -0.2) is 5.91 Å². The van der Waals surface area contributed by atoms with E-state index in [1.165, 1.54) is 19.3 Å². The fourth-order valence-corrected chi connectivity index (χ4v) is 0.991. The van der Waals surface area contributed by atoms with E-state index in [1.54, 1.807) is 0 Å². The number of primary amides is 1. The summed E-state index contributed by atoms with van der Waals surface area (Å²) in [5, 5.41) is 0. The molecule has 0 saturated carbocycles. The quantitative estimate of drug-likeness (QED) is 0.495. The molecule has 74 valence electrons. The van der Waals surface area contributed by atoms with Crippen LogP contribution in [-0.2, 0) is 4.79 Å². The zero-order valence-corrected chi connectivity index (χ0v) is 8.44. The molecule has 0 rings (SSSR count). The topological polar surface area (TPSA) is 43.1 Å². The van der Waals surface area contributed by atoms with Crippen LogP contribution in [0, 0.1) is 11.8 Å². The molecule has 0 aromatic rings. The van der Waals surface area contributed by atoms with Gasteiger partial charge in [-0.25, -0.2) is 0 Å². The summed E-state index contributed by atoms with van der Waals surface area (Å²) < 4.78 is 0. The van der Waals surface area contributed by atoms with Gasteiger partial charge in [0.15, 0.2) is 0 Å². The van der Waals surface area contributed by atoms with E-state index in [0.29, 0.717) is 6.42 Å². The van der Waals surface area contributed by atoms with E-state index in [9.17, 15) is 4.79 Å². The predicted molar refractivity (Wildman–Crippen MR) is 55.0 cm³/mol. The molecule has 0 spiro atoms. The second kappa shape index (κ2) is 9.12. The Kier molecular flexibility index (Phi) is 8.44. The summed E-state index contributed by atoms with van der Waals surface area (Å²) in [6.07, 6.45) is 6.75. The molecule has 0 heterocycles. The third kappa shape index (κ3) is 11.0. The van der Waals surface area contributed by atoms with Gasteiger partial charge in [-0.05, 0) is 12.8 Å². The second-order valence-electron chi connectivity index (χ2n) is 3.13. The van der Waals surface area contributed by atoms with Crippen molar-refractivity contribution in [3.05, 3.63) is 0 Å². The molecular formula is C11H19NO. The fourth-order valence-electron chi connectivity index (χ4n) is 0.991. The Bertz CT molecular complexity index is 188. The summed E-state index contributed by atoms with van der Waals surface area (Å²) in [5.41, 5.74) is 4.99. The maximum Gasteiger partial charge on any atom is 0.217 e. The van der Waals surface area contributed by atoms with Crippen LogP contribution < -0.4 is 5.73 Å². The van der Waals surface area contributed by atoms with Crippen LogP contribution in [0.4, 0.5) is 0 Å². The van der Waals surface area contributed by atoms with Crippen LogP contribution in [0.5, 0.6) is 0 Å². The Morgan fingerprint density at radius 3 is 2.31 bits per heavy atom. The number of unbranched alkanes of at least 4 members (excludes halogenated alkanes) is 4. The molecule has 0 aliphatic carbocycles. The molecule has 13 heavy (non-hydrogen) atoms. The maximum absolute atomic E-state index is 10.3. The number of carbonyl (C=O) groups excluding carboxylic acids is 1. The van der Waals surface area contributed by atoms with E-state index in [-0.39, 0.29) is 5.91 Å². The van der Waals surface area contributed by atoms with Crippen molar-refractivity contribution in [3.8, 4) is 11.8 Å². The molecule has 1 amide bonds. The summed E-state index contributed by atoms with van der Waals surface area (Å²) in [5.74, 6) is 5.90. The van der Waals surface area contributed by atoms with Gasteiger partial charge in [-0.1, -0.05) is 19.8 Å². The second-order valence-corrected chi connectivity index (χ2v) is 3.13. The van der Waals surface area contributed by atoms with Gasteiger partial charge in [-0.15, -0.1) is 11.8 Å². The average Bonchev–Trinajstić information content (AvgIpc) is 2.09. The SMILES string of the molecule is CCCCCC#CCCCC(N)=O. The summed E-state index contributed by atoms with van der Waals surface area (Å²) in [7, 11) is 0. The van der Waals surface area contributed by atoms with E-state index in [0.717, 1.165) is 19.3 Å². The van der Waals surface area contributed by atoms with Gasteiger partial charge in [-0.2, -0.15) is 0 Å². The summed E-state index contributed by atoms with van der Waals surface area (Å²) in [6, 6.07) is 0. The first-order valence-electron chi connectivity index (χ1n) is 5.01. The van der Waals surface area contributed by atoms with Crippen molar-refractivity contribution in [3.63, 3.8) is 0 Å². The monoisotopic (exact) mass is 181 g/mol. The molecule has 2 nitrogen and oxygen atoms in total. The smallest absolute Gasteiger partial charge is 0.217 e. The van der Waals surface area contributed by atoms with Gasteiger partial charge < -0.3 is 5.73 Å². The van der Waals surface area contributed by atoms with Gasteiger partial charge in [0, 0.05) is 19.3 Å².